The number of benzene rings is 1. The summed E-state index contributed by atoms with van der Waals surface area (Å²) in [5.41, 5.74) is 3.99. The van der Waals surface area contributed by atoms with Crippen LogP contribution < -0.4 is 5.46 Å². The van der Waals surface area contributed by atoms with Crippen LogP contribution in [0.25, 0.3) is 0 Å². The van der Waals surface area contributed by atoms with Crippen LogP contribution in [0.3, 0.4) is 0 Å². The first-order chi connectivity index (χ1) is 5.42. The molecule has 0 N–H and O–H groups in total. The van der Waals surface area contributed by atoms with Gasteiger partial charge in [0, 0.05) is 4.43 Å². The molecule has 55 valence electrons. The van der Waals surface area contributed by atoms with Gasteiger partial charge in [-0.05, 0) is 16.6 Å². The van der Waals surface area contributed by atoms with Crippen molar-refractivity contribution in [3.8, 4) is 0 Å². The molecule has 1 aliphatic rings. The average Bonchev–Trinajstić information content (AvgIpc) is 2.50. The van der Waals surface area contributed by atoms with Gasteiger partial charge in [0.15, 0.2) is 0 Å². The average molecular weight is 257 g/mol. The van der Waals surface area contributed by atoms with Gasteiger partial charge in [0.05, 0.1) is 6.61 Å². The highest BCUT2D eigenvalue weighted by Gasteiger charge is 2.15. The molecule has 0 saturated heterocycles. The molecule has 2 rings (SSSR count). The fourth-order valence-electron chi connectivity index (χ4n) is 1.27. The normalized spacial score (nSPS) is 14.3. The summed E-state index contributed by atoms with van der Waals surface area (Å²) in [4.78, 5) is 0. The van der Waals surface area contributed by atoms with Crippen LogP contribution in [-0.2, 0) is 15.7 Å². The lowest BCUT2D eigenvalue weighted by atomic mass is 9.84. The maximum absolute atomic E-state index is 5.23. The Bertz CT molecular complexity index is 275. The van der Waals surface area contributed by atoms with Crippen LogP contribution in [0.1, 0.15) is 11.1 Å². The van der Waals surface area contributed by atoms with Gasteiger partial charge in [-0.2, -0.15) is 0 Å². The van der Waals surface area contributed by atoms with E-state index in [1.165, 1.54) is 16.6 Å². The summed E-state index contributed by atoms with van der Waals surface area (Å²) in [6.07, 6.45) is 0. The Balaban J connectivity index is 2.50. The third-order valence-corrected chi connectivity index (χ3v) is 2.69. The lowest BCUT2D eigenvalue weighted by Gasteiger charge is -2.01. The van der Waals surface area contributed by atoms with Crippen molar-refractivity contribution in [3.05, 3.63) is 29.3 Å². The topological polar surface area (TPSA) is 9.23 Å². The fraction of sp³-hybridized carbons (Fsp3) is 0.250. The van der Waals surface area contributed by atoms with E-state index in [4.69, 9.17) is 4.65 Å². The lowest BCUT2D eigenvalue weighted by Crippen LogP contribution is -2.16. The number of halogens is 1. The zero-order valence-electron chi connectivity index (χ0n) is 6.01. The third-order valence-electron chi connectivity index (χ3n) is 1.87. The SMILES string of the molecule is ICc1cccc2c1[B]OC2. The molecule has 0 bridgehead atoms. The molecule has 0 aliphatic carbocycles. The van der Waals surface area contributed by atoms with Gasteiger partial charge >= 0.3 is 7.48 Å². The van der Waals surface area contributed by atoms with Gasteiger partial charge in [0.1, 0.15) is 0 Å². The Morgan fingerprint density at radius 1 is 1.55 bits per heavy atom. The van der Waals surface area contributed by atoms with E-state index in [-0.39, 0.29) is 0 Å². The van der Waals surface area contributed by atoms with Crippen LogP contribution in [0.4, 0.5) is 0 Å². The summed E-state index contributed by atoms with van der Waals surface area (Å²) in [7, 11) is 1.86. The predicted octanol–water partition coefficient (Wildman–Crippen LogP) is 1.40. The van der Waals surface area contributed by atoms with Crippen LogP contribution in [0, 0.1) is 0 Å². The molecule has 0 aromatic heterocycles. The first-order valence-corrected chi connectivity index (χ1v) is 5.06. The summed E-state index contributed by atoms with van der Waals surface area (Å²) < 4.78 is 6.29. The Hall–Kier alpha value is -0.0251. The number of hydrogen-bond acceptors (Lipinski definition) is 1. The van der Waals surface area contributed by atoms with E-state index < -0.39 is 0 Å². The molecule has 0 saturated carbocycles. The van der Waals surface area contributed by atoms with Crippen molar-refractivity contribution in [2.75, 3.05) is 0 Å². The molecule has 0 fully saturated rings. The van der Waals surface area contributed by atoms with Crippen molar-refractivity contribution in [1.82, 2.24) is 0 Å². The second-order valence-corrected chi connectivity index (χ2v) is 3.32. The van der Waals surface area contributed by atoms with Crippen LogP contribution in [0.5, 0.6) is 0 Å². The summed E-state index contributed by atoms with van der Waals surface area (Å²) >= 11 is 2.37. The number of rotatable bonds is 1. The molecule has 1 nitrogen and oxygen atoms in total. The largest absolute Gasteiger partial charge is 0.430 e. The van der Waals surface area contributed by atoms with Crippen LogP contribution in [0.15, 0.2) is 18.2 Å². The predicted molar refractivity (Wildman–Crippen MR) is 54.3 cm³/mol. The smallest absolute Gasteiger partial charge is 0.331 e. The van der Waals surface area contributed by atoms with E-state index in [9.17, 15) is 0 Å². The number of alkyl halides is 1. The van der Waals surface area contributed by atoms with Gasteiger partial charge in [-0.3, -0.25) is 0 Å². The maximum Gasteiger partial charge on any atom is 0.331 e. The molecular weight excluding hydrogens is 250 g/mol. The van der Waals surface area contributed by atoms with Gasteiger partial charge < -0.3 is 4.65 Å². The van der Waals surface area contributed by atoms with Crippen molar-refractivity contribution < 1.29 is 4.65 Å². The molecule has 1 radical (unpaired) electrons. The molecule has 1 aromatic carbocycles. The first kappa shape index (κ1) is 7.62. The zero-order valence-corrected chi connectivity index (χ0v) is 8.17. The van der Waals surface area contributed by atoms with E-state index in [0.717, 1.165) is 11.0 Å². The molecule has 11 heavy (non-hydrogen) atoms. The van der Waals surface area contributed by atoms with Crippen LogP contribution >= 0.6 is 22.6 Å². The van der Waals surface area contributed by atoms with Crippen molar-refractivity contribution in [2.24, 2.45) is 0 Å². The molecule has 0 atom stereocenters. The molecule has 1 aromatic rings. The first-order valence-electron chi connectivity index (χ1n) is 3.53. The highest BCUT2D eigenvalue weighted by Crippen LogP contribution is 2.11. The van der Waals surface area contributed by atoms with Crippen LogP contribution in [0.2, 0.25) is 0 Å². The van der Waals surface area contributed by atoms with Crippen LogP contribution in [-0.4, -0.2) is 7.48 Å². The van der Waals surface area contributed by atoms with E-state index in [0.29, 0.717) is 0 Å². The highest BCUT2D eigenvalue weighted by atomic mass is 127. The Kier molecular flexibility index (Phi) is 2.18. The Labute approximate surface area is 80.6 Å². The van der Waals surface area contributed by atoms with Crippen molar-refractivity contribution in [2.45, 2.75) is 11.0 Å². The summed E-state index contributed by atoms with van der Waals surface area (Å²) in [6, 6.07) is 6.36. The maximum atomic E-state index is 5.23. The summed E-state index contributed by atoms with van der Waals surface area (Å²) in [5, 5.41) is 0. The second kappa shape index (κ2) is 3.15. The van der Waals surface area contributed by atoms with Crippen molar-refractivity contribution in [3.63, 3.8) is 0 Å². The molecule has 0 unspecified atom stereocenters. The molecule has 0 amide bonds. The minimum absolute atomic E-state index is 0.750. The molecule has 1 aliphatic heterocycles. The van der Waals surface area contributed by atoms with Gasteiger partial charge in [-0.25, -0.2) is 0 Å². The zero-order chi connectivity index (χ0) is 7.68. The highest BCUT2D eigenvalue weighted by molar-refractivity contribution is 14.1. The molecule has 1 heterocycles. The minimum Gasteiger partial charge on any atom is -0.430 e. The van der Waals surface area contributed by atoms with E-state index in [1.54, 1.807) is 0 Å². The Morgan fingerprint density at radius 3 is 3.27 bits per heavy atom. The molecular formula is C8H7BIO. The third kappa shape index (κ3) is 1.31. The monoisotopic (exact) mass is 257 g/mol. The van der Waals surface area contributed by atoms with Gasteiger partial charge in [-0.1, -0.05) is 40.8 Å². The van der Waals surface area contributed by atoms with E-state index >= 15 is 0 Å². The molecule has 3 heteroatoms. The quantitative estimate of drug-likeness (QED) is 0.419. The van der Waals surface area contributed by atoms with Crippen molar-refractivity contribution >= 4 is 35.5 Å². The number of fused-ring (bicyclic) bond motifs is 1. The lowest BCUT2D eigenvalue weighted by molar-refractivity contribution is 0.345. The summed E-state index contributed by atoms with van der Waals surface area (Å²) in [6.45, 7) is 0.750. The van der Waals surface area contributed by atoms with Gasteiger partial charge in [0.25, 0.3) is 0 Å². The molecule has 0 spiro atoms. The van der Waals surface area contributed by atoms with Crippen molar-refractivity contribution in [1.29, 1.82) is 0 Å². The Morgan fingerprint density at radius 2 is 2.45 bits per heavy atom. The van der Waals surface area contributed by atoms with E-state index in [2.05, 4.69) is 40.8 Å². The fourth-order valence-corrected chi connectivity index (χ4v) is 1.94. The van der Waals surface area contributed by atoms with Gasteiger partial charge in [0.2, 0.25) is 0 Å². The van der Waals surface area contributed by atoms with Gasteiger partial charge in [-0.15, -0.1) is 0 Å². The van der Waals surface area contributed by atoms with E-state index in [1.807, 2.05) is 7.48 Å². The standard InChI is InChI=1S/C8H7BIO/c10-4-6-2-1-3-7-5-11-9-8(6)7/h1-3H,4-5H2. The number of hydrogen-bond donors (Lipinski definition) is 0. The minimum atomic E-state index is 0.750. The second-order valence-electron chi connectivity index (χ2n) is 2.55. The summed E-state index contributed by atoms with van der Waals surface area (Å²) in [5.74, 6) is 0.